The number of carbonyl (C=O) groups is 1. The molecule has 1 amide bonds. The third-order valence-corrected chi connectivity index (χ3v) is 6.23. The molecule has 0 radical (unpaired) electrons. The summed E-state index contributed by atoms with van der Waals surface area (Å²) < 4.78 is 5.74. The molecule has 2 N–H and O–H groups in total. The van der Waals surface area contributed by atoms with Gasteiger partial charge in [0.05, 0.1) is 16.8 Å². The molecule has 1 aromatic rings. The zero-order valence-corrected chi connectivity index (χ0v) is 16.3. The predicted molar refractivity (Wildman–Crippen MR) is 99.6 cm³/mol. The van der Waals surface area contributed by atoms with Gasteiger partial charge >= 0.3 is 0 Å². The van der Waals surface area contributed by atoms with Gasteiger partial charge in [-0.3, -0.25) is 9.69 Å². The molecule has 3 heterocycles. The van der Waals surface area contributed by atoms with Crippen molar-refractivity contribution in [2.75, 3.05) is 32.7 Å². The Balaban J connectivity index is 1.47. The molecule has 0 bridgehead atoms. The molecule has 0 spiro atoms. The van der Waals surface area contributed by atoms with E-state index in [2.05, 4.69) is 31.1 Å². The average Bonchev–Trinajstić information content (AvgIpc) is 3.23. The molecule has 25 heavy (non-hydrogen) atoms. The molecule has 7 heteroatoms. The molecule has 1 aromatic heterocycles. The molecule has 0 aromatic carbocycles. The third-order valence-electron chi connectivity index (χ3n) is 4.91. The Bertz CT molecular complexity index is 590. The van der Waals surface area contributed by atoms with Crippen molar-refractivity contribution in [1.82, 2.24) is 14.8 Å². The first-order chi connectivity index (χ1) is 11.9. The summed E-state index contributed by atoms with van der Waals surface area (Å²) in [6, 6.07) is 0. The number of aromatic nitrogens is 1. The minimum Gasteiger partial charge on any atom is -0.364 e. The van der Waals surface area contributed by atoms with Gasteiger partial charge in [-0.1, -0.05) is 20.8 Å². The van der Waals surface area contributed by atoms with E-state index in [0.717, 1.165) is 51.3 Å². The lowest BCUT2D eigenvalue weighted by Gasteiger charge is -2.35. The normalized spacial score (nSPS) is 25.5. The molecule has 2 aliphatic heterocycles. The van der Waals surface area contributed by atoms with Crippen LogP contribution in [0.15, 0.2) is 5.38 Å². The minimum absolute atomic E-state index is 0.0527. The maximum atomic E-state index is 12.6. The summed E-state index contributed by atoms with van der Waals surface area (Å²) in [6.45, 7) is 11.3. The number of hydrogen-bond donors (Lipinski definition) is 1. The van der Waals surface area contributed by atoms with E-state index in [4.69, 9.17) is 15.5 Å². The Labute approximate surface area is 154 Å². The van der Waals surface area contributed by atoms with E-state index in [1.807, 2.05) is 4.90 Å². The van der Waals surface area contributed by atoms with Crippen LogP contribution in [0, 0.1) is 0 Å². The number of piperazine rings is 1. The van der Waals surface area contributed by atoms with Crippen LogP contribution in [0.5, 0.6) is 0 Å². The molecule has 0 aliphatic carbocycles. The van der Waals surface area contributed by atoms with Gasteiger partial charge in [0, 0.05) is 50.1 Å². The summed E-state index contributed by atoms with van der Waals surface area (Å²) in [5, 5.41) is 3.35. The van der Waals surface area contributed by atoms with Crippen molar-refractivity contribution in [3.8, 4) is 0 Å². The van der Waals surface area contributed by atoms with Crippen LogP contribution in [-0.4, -0.2) is 65.6 Å². The second kappa shape index (κ2) is 7.70. The van der Waals surface area contributed by atoms with Gasteiger partial charge in [0.15, 0.2) is 0 Å². The lowest BCUT2D eigenvalue weighted by molar-refractivity contribution is -0.144. The zero-order chi connectivity index (χ0) is 18.0. The molecule has 2 atom stereocenters. The van der Waals surface area contributed by atoms with Crippen molar-refractivity contribution < 1.29 is 9.53 Å². The molecule has 2 saturated heterocycles. The van der Waals surface area contributed by atoms with Crippen LogP contribution < -0.4 is 5.73 Å². The van der Waals surface area contributed by atoms with Crippen molar-refractivity contribution in [2.24, 2.45) is 5.73 Å². The zero-order valence-electron chi connectivity index (χ0n) is 15.5. The number of hydrogen-bond acceptors (Lipinski definition) is 6. The van der Waals surface area contributed by atoms with Crippen LogP contribution in [0.1, 0.15) is 44.3 Å². The highest BCUT2D eigenvalue weighted by molar-refractivity contribution is 7.09. The van der Waals surface area contributed by atoms with E-state index in [-0.39, 0.29) is 23.5 Å². The highest BCUT2D eigenvalue weighted by Gasteiger charge is 2.34. The van der Waals surface area contributed by atoms with Crippen molar-refractivity contribution in [3.63, 3.8) is 0 Å². The maximum absolute atomic E-state index is 12.6. The van der Waals surface area contributed by atoms with E-state index in [1.165, 1.54) is 5.01 Å². The molecule has 2 fully saturated rings. The van der Waals surface area contributed by atoms with E-state index < -0.39 is 0 Å². The Morgan fingerprint density at radius 3 is 2.60 bits per heavy atom. The fourth-order valence-corrected chi connectivity index (χ4v) is 4.24. The van der Waals surface area contributed by atoms with Crippen LogP contribution >= 0.6 is 11.3 Å². The van der Waals surface area contributed by atoms with Gasteiger partial charge < -0.3 is 15.4 Å². The standard InChI is InChI=1S/C18H30N4O2S/c1-18(2,3)17-20-13(12-25-17)11-21-6-8-22(9-7-21)16(23)15-5-4-14(10-19)24-15/h12,14-15H,4-11,19H2,1-3H3/t14-,15+/m1/s1. The topological polar surface area (TPSA) is 71.7 Å². The van der Waals surface area contributed by atoms with Gasteiger partial charge in [-0.2, -0.15) is 0 Å². The van der Waals surface area contributed by atoms with Crippen molar-refractivity contribution in [1.29, 1.82) is 0 Å². The molecule has 140 valence electrons. The summed E-state index contributed by atoms with van der Waals surface area (Å²) in [4.78, 5) is 21.7. The van der Waals surface area contributed by atoms with Gasteiger partial charge in [0.25, 0.3) is 5.91 Å². The number of rotatable bonds is 4. The van der Waals surface area contributed by atoms with Gasteiger partial charge in [-0.25, -0.2) is 4.98 Å². The quantitative estimate of drug-likeness (QED) is 0.876. The predicted octanol–water partition coefficient (Wildman–Crippen LogP) is 1.59. The van der Waals surface area contributed by atoms with Gasteiger partial charge in [-0.05, 0) is 12.8 Å². The van der Waals surface area contributed by atoms with Crippen molar-refractivity contribution in [3.05, 3.63) is 16.1 Å². The fourth-order valence-electron chi connectivity index (χ4n) is 3.34. The summed E-state index contributed by atoms with van der Waals surface area (Å²) in [7, 11) is 0. The Morgan fingerprint density at radius 2 is 2.04 bits per heavy atom. The first-order valence-electron chi connectivity index (χ1n) is 9.18. The maximum Gasteiger partial charge on any atom is 0.251 e. The molecule has 2 aliphatic rings. The summed E-state index contributed by atoms with van der Waals surface area (Å²) in [5.41, 5.74) is 6.88. The monoisotopic (exact) mass is 366 g/mol. The number of nitrogens with zero attached hydrogens (tertiary/aromatic N) is 3. The second-order valence-electron chi connectivity index (χ2n) is 8.06. The lowest BCUT2D eigenvalue weighted by atomic mass is 9.98. The molecule has 3 rings (SSSR count). The molecule has 6 nitrogen and oxygen atoms in total. The number of amides is 1. The van der Waals surface area contributed by atoms with Crippen LogP contribution in [0.2, 0.25) is 0 Å². The number of nitrogens with two attached hydrogens (primary N) is 1. The van der Waals surface area contributed by atoms with Crippen molar-refractivity contribution >= 4 is 17.2 Å². The summed E-state index contributed by atoms with van der Waals surface area (Å²) in [5.74, 6) is 0.138. The Kier molecular flexibility index (Phi) is 5.78. The lowest BCUT2D eigenvalue weighted by Crippen LogP contribution is -2.51. The Morgan fingerprint density at radius 1 is 1.32 bits per heavy atom. The summed E-state index contributed by atoms with van der Waals surface area (Å²) >= 11 is 1.74. The van der Waals surface area contributed by atoms with E-state index >= 15 is 0 Å². The van der Waals surface area contributed by atoms with Crippen LogP contribution in [0.4, 0.5) is 0 Å². The number of ether oxygens (including phenoxy) is 1. The van der Waals surface area contributed by atoms with E-state index in [1.54, 1.807) is 11.3 Å². The van der Waals surface area contributed by atoms with E-state index in [0.29, 0.717) is 6.54 Å². The SMILES string of the molecule is CC(C)(C)c1nc(CN2CCN(C(=O)[C@@H]3CC[C@H](CN)O3)CC2)cs1. The minimum atomic E-state index is -0.284. The van der Waals surface area contributed by atoms with Gasteiger partial charge in [0.1, 0.15) is 6.10 Å². The van der Waals surface area contributed by atoms with E-state index in [9.17, 15) is 4.79 Å². The molecular weight excluding hydrogens is 336 g/mol. The smallest absolute Gasteiger partial charge is 0.251 e. The summed E-state index contributed by atoms with van der Waals surface area (Å²) in [6.07, 6.45) is 1.46. The molecule has 0 unspecified atom stereocenters. The molecular formula is C18H30N4O2S. The first kappa shape index (κ1) is 18.8. The van der Waals surface area contributed by atoms with Crippen molar-refractivity contribution in [2.45, 2.75) is 57.8 Å². The Hall–Kier alpha value is -1.02. The fraction of sp³-hybridized carbons (Fsp3) is 0.778. The highest BCUT2D eigenvalue weighted by atomic mass is 32.1. The number of thiazole rings is 1. The third kappa shape index (κ3) is 4.58. The van der Waals surface area contributed by atoms with Crippen LogP contribution in [0.25, 0.3) is 0 Å². The van der Waals surface area contributed by atoms with Crippen LogP contribution in [-0.2, 0) is 21.5 Å². The molecule has 0 saturated carbocycles. The largest absolute Gasteiger partial charge is 0.364 e. The average molecular weight is 367 g/mol. The second-order valence-corrected chi connectivity index (χ2v) is 8.91. The highest BCUT2D eigenvalue weighted by Crippen LogP contribution is 2.26. The van der Waals surface area contributed by atoms with Crippen LogP contribution in [0.3, 0.4) is 0 Å². The first-order valence-corrected chi connectivity index (χ1v) is 10.1. The van der Waals surface area contributed by atoms with Gasteiger partial charge in [-0.15, -0.1) is 11.3 Å². The number of carbonyl (C=O) groups excluding carboxylic acids is 1. The van der Waals surface area contributed by atoms with Gasteiger partial charge in [0.2, 0.25) is 0 Å².